The molecule has 0 aliphatic rings. The van der Waals surface area contributed by atoms with Crippen LogP contribution in [0.3, 0.4) is 0 Å². The molecule has 0 aromatic heterocycles. The first kappa shape index (κ1) is 20.6. The minimum atomic E-state index is -3.52. The van der Waals surface area contributed by atoms with Crippen LogP contribution in [-0.4, -0.2) is 47.4 Å². The fourth-order valence-corrected chi connectivity index (χ4v) is 3.40. The number of methoxy groups -OCH3 is 1. The molecule has 0 spiro atoms. The van der Waals surface area contributed by atoms with Gasteiger partial charge < -0.3 is 14.8 Å². The van der Waals surface area contributed by atoms with Crippen LogP contribution in [0.15, 0.2) is 54.6 Å². The van der Waals surface area contributed by atoms with Crippen molar-refractivity contribution in [2.24, 2.45) is 0 Å². The lowest BCUT2D eigenvalue weighted by Crippen LogP contribution is -2.38. The van der Waals surface area contributed by atoms with E-state index in [1.807, 2.05) is 30.3 Å². The summed E-state index contributed by atoms with van der Waals surface area (Å²) < 4.78 is 36.2. The van der Waals surface area contributed by atoms with Crippen molar-refractivity contribution in [1.82, 2.24) is 5.32 Å². The number of ether oxygens (including phenoxy) is 2. The summed E-state index contributed by atoms with van der Waals surface area (Å²) in [5.41, 5.74) is 0.434. The number of carbonyl (C=O) groups excluding carboxylic acids is 1. The van der Waals surface area contributed by atoms with E-state index < -0.39 is 10.0 Å². The van der Waals surface area contributed by atoms with E-state index in [2.05, 4.69) is 5.32 Å². The van der Waals surface area contributed by atoms with Crippen molar-refractivity contribution < 1.29 is 22.7 Å². The zero-order valence-electron chi connectivity index (χ0n) is 15.4. The number of nitrogens with one attached hydrogen (secondary N) is 1. The Hall–Kier alpha value is -2.74. The highest BCUT2D eigenvalue weighted by atomic mass is 32.2. The number of anilines is 1. The van der Waals surface area contributed by atoms with Crippen molar-refractivity contribution in [1.29, 1.82) is 0 Å². The van der Waals surface area contributed by atoms with Gasteiger partial charge in [0.15, 0.2) is 0 Å². The molecule has 2 aromatic carbocycles. The molecule has 8 heteroatoms. The Morgan fingerprint density at radius 2 is 1.74 bits per heavy atom. The van der Waals surface area contributed by atoms with Gasteiger partial charge in [-0.15, -0.1) is 0 Å². The molecule has 0 aliphatic carbocycles. The molecule has 27 heavy (non-hydrogen) atoms. The number of para-hydroxylation sites is 3. The fourth-order valence-electron chi connectivity index (χ4n) is 2.46. The van der Waals surface area contributed by atoms with Crippen LogP contribution in [0.25, 0.3) is 0 Å². The third-order valence-electron chi connectivity index (χ3n) is 3.73. The number of hydrogen-bond acceptors (Lipinski definition) is 5. The smallest absolute Gasteiger partial charge is 0.232 e. The van der Waals surface area contributed by atoms with Crippen molar-refractivity contribution in [2.45, 2.75) is 6.42 Å². The van der Waals surface area contributed by atoms with Gasteiger partial charge in [0, 0.05) is 6.54 Å². The predicted octanol–water partition coefficient (Wildman–Crippen LogP) is 2.05. The average Bonchev–Trinajstić information content (AvgIpc) is 2.65. The van der Waals surface area contributed by atoms with E-state index >= 15 is 0 Å². The summed E-state index contributed by atoms with van der Waals surface area (Å²) in [5, 5.41) is 2.71. The van der Waals surface area contributed by atoms with Crippen LogP contribution in [0.1, 0.15) is 6.42 Å². The van der Waals surface area contributed by atoms with Crippen molar-refractivity contribution in [3.63, 3.8) is 0 Å². The molecule has 0 atom stereocenters. The number of amides is 1. The van der Waals surface area contributed by atoms with Gasteiger partial charge in [0.1, 0.15) is 11.5 Å². The minimum Gasteiger partial charge on any atom is -0.495 e. The van der Waals surface area contributed by atoms with Crippen molar-refractivity contribution in [2.75, 3.05) is 37.4 Å². The Bertz CT molecular complexity index is 840. The number of rotatable bonds is 10. The number of carbonyl (C=O) groups is 1. The van der Waals surface area contributed by atoms with Crippen LogP contribution >= 0.6 is 0 Å². The standard InChI is InChI=1S/C19H24N2O5S/c1-25-18-11-7-6-10-17(18)21(27(2,23)24)14-13-20-19(22)12-15-26-16-8-4-3-5-9-16/h3-11H,12-15H2,1-2H3,(H,20,22). The maximum atomic E-state index is 12.1. The molecule has 0 radical (unpaired) electrons. The molecule has 0 fully saturated rings. The molecule has 1 amide bonds. The molecule has 7 nitrogen and oxygen atoms in total. The van der Waals surface area contributed by atoms with E-state index in [1.54, 1.807) is 24.3 Å². The third-order valence-corrected chi connectivity index (χ3v) is 4.91. The van der Waals surface area contributed by atoms with Gasteiger partial charge in [-0.25, -0.2) is 8.42 Å². The van der Waals surface area contributed by atoms with Gasteiger partial charge in [0.05, 0.1) is 38.6 Å². The largest absolute Gasteiger partial charge is 0.495 e. The Balaban J connectivity index is 1.86. The Morgan fingerprint density at radius 3 is 2.41 bits per heavy atom. The molecular weight excluding hydrogens is 368 g/mol. The summed E-state index contributed by atoms with van der Waals surface area (Å²) >= 11 is 0. The lowest BCUT2D eigenvalue weighted by Gasteiger charge is -2.24. The van der Waals surface area contributed by atoms with Crippen LogP contribution in [0.5, 0.6) is 11.5 Å². The summed E-state index contributed by atoms with van der Waals surface area (Å²) in [5.74, 6) is 0.939. The molecule has 0 saturated heterocycles. The molecule has 0 aliphatic heterocycles. The maximum absolute atomic E-state index is 12.1. The summed E-state index contributed by atoms with van der Waals surface area (Å²) in [7, 11) is -2.04. The number of sulfonamides is 1. The van der Waals surface area contributed by atoms with Crippen molar-refractivity contribution >= 4 is 21.6 Å². The first-order valence-corrected chi connectivity index (χ1v) is 10.3. The highest BCUT2D eigenvalue weighted by molar-refractivity contribution is 7.92. The second kappa shape index (κ2) is 9.82. The Kier molecular flexibility index (Phi) is 7.48. The molecule has 2 aromatic rings. The Morgan fingerprint density at radius 1 is 1.07 bits per heavy atom. The van der Waals surface area contributed by atoms with E-state index in [-0.39, 0.29) is 32.0 Å². The fraction of sp³-hybridized carbons (Fsp3) is 0.316. The average molecular weight is 392 g/mol. The molecule has 0 unspecified atom stereocenters. The number of nitrogens with zero attached hydrogens (tertiary/aromatic N) is 1. The minimum absolute atomic E-state index is 0.102. The highest BCUT2D eigenvalue weighted by Gasteiger charge is 2.20. The predicted molar refractivity (Wildman–Crippen MR) is 105 cm³/mol. The molecular formula is C19H24N2O5S. The van der Waals surface area contributed by atoms with Gasteiger partial charge in [-0.2, -0.15) is 0 Å². The van der Waals surface area contributed by atoms with Gasteiger partial charge in [0.2, 0.25) is 15.9 Å². The van der Waals surface area contributed by atoms with Crippen LogP contribution in [0.2, 0.25) is 0 Å². The normalized spacial score (nSPS) is 10.9. The van der Waals surface area contributed by atoms with Crippen LogP contribution in [-0.2, 0) is 14.8 Å². The topological polar surface area (TPSA) is 84.9 Å². The van der Waals surface area contributed by atoms with E-state index in [0.717, 1.165) is 6.26 Å². The molecule has 146 valence electrons. The zero-order chi connectivity index (χ0) is 19.7. The SMILES string of the molecule is COc1ccccc1N(CCNC(=O)CCOc1ccccc1)S(C)(=O)=O. The van der Waals surface area contributed by atoms with Gasteiger partial charge >= 0.3 is 0 Å². The number of benzene rings is 2. The lowest BCUT2D eigenvalue weighted by molar-refractivity contribution is -0.121. The van der Waals surface area contributed by atoms with Gasteiger partial charge in [-0.3, -0.25) is 9.10 Å². The zero-order valence-corrected chi connectivity index (χ0v) is 16.2. The quantitative estimate of drug-likeness (QED) is 0.669. The lowest BCUT2D eigenvalue weighted by atomic mass is 10.3. The monoisotopic (exact) mass is 392 g/mol. The van der Waals surface area contributed by atoms with Gasteiger partial charge in [-0.05, 0) is 24.3 Å². The maximum Gasteiger partial charge on any atom is 0.232 e. The van der Waals surface area contributed by atoms with E-state index in [4.69, 9.17) is 9.47 Å². The van der Waals surface area contributed by atoms with Crippen molar-refractivity contribution in [3.05, 3.63) is 54.6 Å². The van der Waals surface area contributed by atoms with E-state index in [9.17, 15) is 13.2 Å². The highest BCUT2D eigenvalue weighted by Crippen LogP contribution is 2.29. The van der Waals surface area contributed by atoms with E-state index in [0.29, 0.717) is 17.2 Å². The van der Waals surface area contributed by atoms with Crippen LogP contribution in [0.4, 0.5) is 5.69 Å². The summed E-state index contributed by atoms with van der Waals surface area (Å²) in [6.07, 6.45) is 1.30. The number of hydrogen-bond donors (Lipinski definition) is 1. The summed E-state index contributed by atoms with van der Waals surface area (Å²) in [6.45, 7) is 0.526. The first-order valence-electron chi connectivity index (χ1n) is 8.47. The molecule has 0 heterocycles. The molecule has 0 bridgehead atoms. The van der Waals surface area contributed by atoms with Crippen LogP contribution in [0, 0.1) is 0 Å². The van der Waals surface area contributed by atoms with Gasteiger partial charge in [0.25, 0.3) is 0 Å². The molecule has 1 N–H and O–H groups in total. The van der Waals surface area contributed by atoms with Crippen molar-refractivity contribution in [3.8, 4) is 11.5 Å². The second-order valence-electron chi connectivity index (χ2n) is 5.77. The summed E-state index contributed by atoms with van der Waals surface area (Å²) in [4.78, 5) is 11.9. The Labute approximate surface area is 160 Å². The third kappa shape index (κ3) is 6.49. The van der Waals surface area contributed by atoms with Gasteiger partial charge in [-0.1, -0.05) is 30.3 Å². The van der Waals surface area contributed by atoms with E-state index in [1.165, 1.54) is 11.4 Å². The molecule has 0 saturated carbocycles. The van der Waals surface area contributed by atoms with Crippen LogP contribution < -0.4 is 19.1 Å². The molecule has 2 rings (SSSR count). The summed E-state index contributed by atoms with van der Waals surface area (Å²) in [6, 6.07) is 16.1. The first-order chi connectivity index (χ1) is 12.9. The second-order valence-corrected chi connectivity index (χ2v) is 7.68.